The van der Waals surface area contributed by atoms with Crippen LogP contribution in [0.15, 0.2) is 41.1 Å². The van der Waals surface area contributed by atoms with E-state index in [-0.39, 0.29) is 12.5 Å². The number of aryl methyl sites for hydroxylation is 1. The lowest BCUT2D eigenvalue weighted by atomic mass is 10.0. The fourth-order valence-electron chi connectivity index (χ4n) is 2.20. The topological polar surface area (TPSA) is 67.4 Å². The van der Waals surface area contributed by atoms with Crippen molar-refractivity contribution in [1.82, 2.24) is 5.32 Å². The quantitative estimate of drug-likeness (QED) is 0.835. The lowest BCUT2D eigenvalue weighted by Crippen LogP contribution is -2.37. The van der Waals surface area contributed by atoms with Gasteiger partial charge in [0.1, 0.15) is 5.60 Å². The van der Waals surface area contributed by atoms with Crippen LogP contribution in [0.2, 0.25) is 0 Å². The Morgan fingerprint density at radius 1 is 1.16 bits per heavy atom. The monoisotopic (exact) mass is 360 g/mol. The van der Waals surface area contributed by atoms with Gasteiger partial charge in [0.25, 0.3) is 0 Å². The highest BCUT2D eigenvalue weighted by Crippen LogP contribution is 2.21. The van der Waals surface area contributed by atoms with Crippen LogP contribution in [0.5, 0.6) is 0 Å². The Morgan fingerprint density at radius 3 is 2.40 bits per heavy atom. The molecule has 0 saturated heterocycles. The van der Waals surface area contributed by atoms with Crippen molar-refractivity contribution in [3.8, 4) is 0 Å². The number of hydrogen-bond acceptors (Lipinski definition) is 4. The van der Waals surface area contributed by atoms with Crippen LogP contribution in [0.3, 0.4) is 0 Å². The predicted octanol–water partition coefficient (Wildman–Crippen LogP) is 4.30. The molecule has 0 aliphatic heterocycles. The Kier molecular flexibility index (Phi) is 6.20. The molecule has 25 heavy (non-hydrogen) atoms. The van der Waals surface area contributed by atoms with Gasteiger partial charge in [-0.25, -0.2) is 4.79 Å². The number of amides is 2. The van der Waals surface area contributed by atoms with Crippen LogP contribution in [-0.4, -0.2) is 24.1 Å². The maximum Gasteiger partial charge on any atom is 0.407 e. The van der Waals surface area contributed by atoms with E-state index in [0.29, 0.717) is 0 Å². The highest BCUT2D eigenvalue weighted by Gasteiger charge is 2.23. The number of benzene rings is 1. The van der Waals surface area contributed by atoms with Gasteiger partial charge in [-0.15, -0.1) is 0 Å². The van der Waals surface area contributed by atoms with Gasteiger partial charge in [-0.3, -0.25) is 4.79 Å². The van der Waals surface area contributed by atoms with Crippen LogP contribution in [0.1, 0.15) is 37.8 Å². The highest BCUT2D eigenvalue weighted by molar-refractivity contribution is 7.08. The van der Waals surface area contributed by atoms with Crippen molar-refractivity contribution in [2.75, 3.05) is 11.9 Å². The second-order valence-corrected chi connectivity index (χ2v) is 7.63. The molecule has 1 aromatic carbocycles. The van der Waals surface area contributed by atoms with Crippen LogP contribution >= 0.6 is 11.3 Å². The molecule has 0 spiro atoms. The molecule has 0 aliphatic rings. The minimum absolute atomic E-state index is 0.168. The second-order valence-electron chi connectivity index (χ2n) is 6.85. The number of anilines is 1. The molecule has 2 aromatic rings. The Morgan fingerprint density at radius 2 is 1.84 bits per heavy atom. The van der Waals surface area contributed by atoms with Gasteiger partial charge in [0, 0.05) is 12.2 Å². The van der Waals surface area contributed by atoms with Gasteiger partial charge < -0.3 is 15.4 Å². The van der Waals surface area contributed by atoms with E-state index in [4.69, 9.17) is 4.74 Å². The van der Waals surface area contributed by atoms with Crippen molar-refractivity contribution in [3.63, 3.8) is 0 Å². The van der Waals surface area contributed by atoms with Crippen LogP contribution in [0, 0.1) is 6.92 Å². The molecule has 2 amide bonds. The maximum atomic E-state index is 12.7. The van der Waals surface area contributed by atoms with Gasteiger partial charge in [-0.2, -0.15) is 11.3 Å². The van der Waals surface area contributed by atoms with E-state index in [2.05, 4.69) is 10.6 Å². The standard InChI is InChI=1S/C19H24N2O3S/c1-13-5-7-15(8-6-13)21-17(22)16(14-9-10-25-12-14)11-20-18(23)24-19(2,3)4/h5-10,12,16H,11H2,1-4H3,(H,20,23)(H,21,22). The average Bonchev–Trinajstić information content (AvgIpc) is 3.02. The summed E-state index contributed by atoms with van der Waals surface area (Å²) in [5.41, 5.74) is 2.14. The van der Waals surface area contributed by atoms with Gasteiger partial charge in [-0.1, -0.05) is 17.7 Å². The van der Waals surface area contributed by atoms with E-state index in [1.165, 1.54) is 11.3 Å². The van der Waals surface area contributed by atoms with Crippen molar-refractivity contribution in [3.05, 3.63) is 52.2 Å². The Hall–Kier alpha value is -2.34. The third-order valence-electron chi connectivity index (χ3n) is 3.43. The van der Waals surface area contributed by atoms with Gasteiger partial charge in [-0.05, 0) is 62.2 Å². The molecule has 2 rings (SSSR count). The average molecular weight is 360 g/mol. The number of rotatable bonds is 5. The largest absolute Gasteiger partial charge is 0.444 e. The van der Waals surface area contributed by atoms with Crippen molar-refractivity contribution in [2.24, 2.45) is 0 Å². The van der Waals surface area contributed by atoms with E-state index < -0.39 is 17.6 Å². The molecule has 2 N–H and O–H groups in total. The molecule has 0 fully saturated rings. The van der Waals surface area contributed by atoms with E-state index in [9.17, 15) is 9.59 Å². The van der Waals surface area contributed by atoms with E-state index in [0.717, 1.165) is 16.8 Å². The van der Waals surface area contributed by atoms with Crippen molar-refractivity contribution < 1.29 is 14.3 Å². The number of hydrogen-bond donors (Lipinski definition) is 2. The molecule has 6 heteroatoms. The molecular formula is C19H24N2O3S. The first-order valence-electron chi connectivity index (χ1n) is 8.11. The van der Waals surface area contributed by atoms with Crippen molar-refractivity contribution >= 4 is 29.0 Å². The maximum absolute atomic E-state index is 12.7. The molecule has 0 saturated carbocycles. The summed E-state index contributed by atoms with van der Waals surface area (Å²) >= 11 is 1.51. The normalized spacial score (nSPS) is 12.3. The number of carbonyl (C=O) groups excluding carboxylic acids is 2. The Labute approximate surface area is 152 Å². The summed E-state index contributed by atoms with van der Waals surface area (Å²) < 4.78 is 5.24. The van der Waals surface area contributed by atoms with Gasteiger partial charge >= 0.3 is 6.09 Å². The third kappa shape index (κ3) is 6.23. The minimum Gasteiger partial charge on any atom is -0.444 e. The predicted molar refractivity (Wildman–Crippen MR) is 101 cm³/mol. The first-order valence-corrected chi connectivity index (χ1v) is 9.05. The van der Waals surface area contributed by atoms with Crippen LogP contribution in [0.25, 0.3) is 0 Å². The summed E-state index contributed by atoms with van der Waals surface area (Å²) in [6.45, 7) is 7.56. The second kappa shape index (κ2) is 8.16. The summed E-state index contributed by atoms with van der Waals surface area (Å²) in [5, 5.41) is 9.41. The number of carbonyl (C=O) groups is 2. The lowest BCUT2D eigenvalue weighted by Gasteiger charge is -2.21. The molecule has 1 heterocycles. The molecule has 1 unspecified atom stereocenters. The van der Waals surface area contributed by atoms with Crippen molar-refractivity contribution in [2.45, 2.75) is 39.2 Å². The molecule has 0 aliphatic carbocycles. The molecule has 0 radical (unpaired) electrons. The summed E-state index contributed by atoms with van der Waals surface area (Å²) in [4.78, 5) is 24.6. The highest BCUT2D eigenvalue weighted by atomic mass is 32.1. The van der Waals surface area contributed by atoms with Gasteiger partial charge in [0.15, 0.2) is 0 Å². The minimum atomic E-state index is -0.577. The van der Waals surface area contributed by atoms with E-state index in [1.54, 1.807) is 20.8 Å². The van der Waals surface area contributed by atoms with Crippen LogP contribution < -0.4 is 10.6 Å². The Balaban J connectivity index is 2.04. The molecule has 134 valence electrons. The lowest BCUT2D eigenvalue weighted by molar-refractivity contribution is -0.117. The van der Waals surface area contributed by atoms with E-state index >= 15 is 0 Å². The fraction of sp³-hybridized carbons (Fsp3) is 0.368. The smallest absolute Gasteiger partial charge is 0.407 e. The van der Waals surface area contributed by atoms with Crippen LogP contribution in [0.4, 0.5) is 10.5 Å². The summed E-state index contributed by atoms with van der Waals surface area (Å²) in [5.74, 6) is -0.654. The number of alkyl carbamates (subject to hydrolysis) is 1. The third-order valence-corrected chi connectivity index (χ3v) is 4.13. The van der Waals surface area contributed by atoms with Crippen LogP contribution in [-0.2, 0) is 9.53 Å². The SMILES string of the molecule is Cc1ccc(NC(=O)C(CNC(=O)OC(C)(C)C)c2ccsc2)cc1. The first kappa shape index (κ1) is 19.0. The fourth-order valence-corrected chi connectivity index (χ4v) is 2.92. The number of nitrogens with one attached hydrogen (secondary N) is 2. The Bertz CT molecular complexity index is 703. The number of thiophene rings is 1. The zero-order valence-corrected chi connectivity index (χ0v) is 15.8. The summed E-state index contributed by atoms with van der Waals surface area (Å²) in [7, 11) is 0. The first-order chi connectivity index (χ1) is 11.7. The van der Waals surface area contributed by atoms with Crippen molar-refractivity contribution in [1.29, 1.82) is 0 Å². The van der Waals surface area contributed by atoms with Gasteiger partial charge in [0.2, 0.25) is 5.91 Å². The summed E-state index contributed by atoms with van der Waals surface area (Å²) in [6.07, 6.45) is -0.532. The number of ether oxygens (including phenoxy) is 1. The van der Waals surface area contributed by atoms with E-state index in [1.807, 2.05) is 48.0 Å². The van der Waals surface area contributed by atoms with Gasteiger partial charge in [0.05, 0.1) is 5.92 Å². The molecular weight excluding hydrogens is 336 g/mol. The zero-order chi connectivity index (χ0) is 18.4. The zero-order valence-electron chi connectivity index (χ0n) is 15.0. The molecule has 0 bridgehead atoms. The molecule has 5 nitrogen and oxygen atoms in total. The molecule has 1 atom stereocenters. The summed E-state index contributed by atoms with van der Waals surface area (Å²) in [6, 6.07) is 9.49. The molecule has 1 aromatic heterocycles.